The van der Waals surface area contributed by atoms with Gasteiger partial charge in [0, 0.05) is 16.5 Å². The Balaban J connectivity index is 1.97. The minimum atomic E-state index is -4.58. The van der Waals surface area contributed by atoms with E-state index in [2.05, 4.69) is 4.98 Å². The molecule has 0 unspecified atom stereocenters. The molecule has 4 nitrogen and oxygen atoms in total. The number of hydrogen-bond acceptors (Lipinski definition) is 3. The first-order valence-electron chi connectivity index (χ1n) is 7.72. The van der Waals surface area contributed by atoms with Crippen LogP contribution >= 0.6 is 23.4 Å². The van der Waals surface area contributed by atoms with Gasteiger partial charge in [-0.05, 0) is 42.0 Å². The van der Waals surface area contributed by atoms with E-state index in [1.54, 1.807) is 0 Å². The summed E-state index contributed by atoms with van der Waals surface area (Å²) in [6, 6.07) is 8.47. The summed E-state index contributed by atoms with van der Waals surface area (Å²) >= 11 is 6.60. The number of rotatable bonds is 5. The Morgan fingerprint density at radius 3 is 2.46 bits per heavy atom. The second kappa shape index (κ2) is 7.84. The highest BCUT2D eigenvalue weighted by Gasteiger charge is 2.33. The summed E-state index contributed by atoms with van der Waals surface area (Å²) in [6.07, 6.45) is -3.49. The van der Waals surface area contributed by atoms with Crippen LogP contribution in [0.4, 0.5) is 17.6 Å². The lowest BCUT2D eigenvalue weighted by atomic mass is 10.1. The van der Waals surface area contributed by atoms with Crippen molar-refractivity contribution in [3.05, 3.63) is 76.3 Å². The maximum atomic E-state index is 13.2. The number of imidazole rings is 1. The largest absolute Gasteiger partial charge is 0.477 e. The number of aromatic nitrogens is 2. The lowest BCUT2D eigenvalue weighted by Crippen LogP contribution is -2.09. The minimum absolute atomic E-state index is 0.0209. The monoisotopic (exact) mass is 430 g/mol. The normalized spacial score (nSPS) is 11.6. The molecule has 0 aliphatic carbocycles. The highest BCUT2D eigenvalue weighted by atomic mass is 35.5. The first-order valence-corrected chi connectivity index (χ1v) is 9.08. The molecule has 0 saturated heterocycles. The van der Waals surface area contributed by atoms with E-state index in [9.17, 15) is 27.5 Å². The fourth-order valence-electron chi connectivity index (χ4n) is 2.51. The molecule has 1 aromatic heterocycles. The van der Waals surface area contributed by atoms with Crippen molar-refractivity contribution in [2.24, 2.45) is 0 Å². The van der Waals surface area contributed by atoms with Crippen molar-refractivity contribution >= 4 is 29.3 Å². The predicted molar refractivity (Wildman–Crippen MR) is 96.5 cm³/mol. The van der Waals surface area contributed by atoms with Crippen molar-refractivity contribution in [1.82, 2.24) is 9.55 Å². The molecule has 0 aliphatic heterocycles. The molecule has 1 heterocycles. The summed E-state index contributed by atoms with van der Waals surface area (Å²) in [5.74, 6) is -1.90. The average Bonchev–Trinajstić information content (AvgIpc) is 3.05. The molecule has 0 atom stereocenters. The number of hydrogen-bond donors (Lipinski definition) is 1. The average molecular weight is 431 g/mol. The number of benzene rings is 2. The fourth-order valence-corrected chi connectivity index (χ4v) is 3.68. The van der Waals surface area contributed by atoms with Crippen LogP contribution in [-0.2, 0) is 11.9 Å². The summed E-state index contributed by atoms with van der Waals surface area (Å²) in [4.78, 5) is 15.5. The molecule has 0 bridgehead atoms. The molecule has 3 aromatic rings. The minimum Gasteiger partial charge on any atom is -0.477 e. The molecule has 3 rings (SSSR count). The van der Waals surface area contributed by atoms with Gasteiger partial charge < -0.3 is 5.11 Å². The zero-order valence-electron chi connectivity index (χ0n) is 13.9. The molecule has 0 spiro atoms. The summed E-state index contributed by atoms with van der Waals surface area (Å²) in [5, 5.41) is 9.47. The van der Waals surface area contributed by atoms with Crippen LogP contribution in [0.2, 0.25) is 5.02 Å². The van der Waals surface area contributed by atoms with Gasteiger partial charge in [0.05, 0.1) is 11.8 Å². The Hall–Kier alpha value is -2.52. The van der Waals surface area contributed by atoms with Crippen LogP contribution in [0.25, 0.3) is 5.69 Å². The molecule has 2 aromatic carbocycles. The van der Waals surface area contributed by atoms with Crippen molar-refractivity contribution < 1.29 is 27.5 Å². The SMILES string of the molecule is O=C(O)c1cnc(SCc2ccc(Cl)cc2C(F)(F)F)n1-c1ccc(F)cc1. The molecule has 0 radical (unpaired) electrons. The van der Waals surface area contributed by atoms with Gasteiger partial charge in [0.1, 0.15) is 5.82 Å². The number of carbonyl (C=O) groups is 1. The smallest absolute Gasteiger partial charge is 0.416 e. The summed E-state index contributed by atoms with van der Waals surface area (Å²) in [7, 11) is 0. The highest BCUT2D eigenvalue weighted by Crippen LogP contribution is 2.36. The van der Waals surface area contributed by atoms with Crippen LogP contribution in [-0.4, -0.2) is 20.6 Å². The Kier molecular flexibility index (Phi) is 5.66. The van der Waals surface area contributed by atoms with Gasteiger partial charge >= 0.3 is 12.1 Å². The molecule has 0 aliphatic rings. The van der Waals surface area contributed by atoms with Crippen LogP contribution in [0, 0.1) is 5.82 Å². The Morgan fingerprint density at radius 2 is 1.86 bits per heavy atom. The number of aromatic carboxylic acids is 1. The van der Waals surface area contributed by atoms with Gasteiger partial charge in [-0.2, -0.15) is 13.2 Å². The summed E-state index contributed by atoms with van der Waals surface area (Å²) in [6.45, 7) is 0. The van der Waals surface area contributed by atoms with Crippen molar-refractivity contribution in [3.63, 3.8) is 0 Å². The third-order valence-electron chi connectivity index (χ3n) is 3.77. The van der Waals surface area contributed by atoms with E-state index < -0.39 is 23.5 Å². The molecular weight excluding hydrogens is 420 g/mol. The zero-order valence-corrected chi connectivity index (χ0v) is 15.4. The second-order valence-corrected chi connectivity index (χ2v) is 7.01. The van der Waals surface area contributed by atoms with Gasteiger partial charge in [0.15, 0.2) is 10.9 Å². The molecule has 28 heavy (non-hydrogen) atoms. The van der Waals surface area contributed by atoms with E-state index in [0.717, 1.165) is 36.2 Å². The van der Waals surface area contributed by atoms with Crippen LogP contribution < -0.4 is 0 Å². The fraction of sp³-hybridized carbons (Fsp3) is 0.111. The van der Waals surface area contributed by atoms with Gasteiger partial charge in [-0.3, -0.25) is 4.57 Å². The van der Waals surface area contributed by atoms with E-state index in [1.807, 2.05) is 0 Å². The molecule has 1 N–H and O–H groups in total. The number of carboxylic acid groups (broad SMARTS) is 1. The first-order chi connectivity index (χ1) is 13.2. The molecule has 10 heteroatoms. The van der Waals surface area contributed by atoms with Crippen molar-refractivity contribution in [2.45, 2.75) is 17.1 Å². The lowest BCUT2D eigenvalue weighted by Gasteiger charge is -2.14. The zero-order chi connectivity index (χ0) is 20.5. The van der Waals surface area contributed by atoms with E-state index >= 15 is 0 Å². The van der Waals surface area contributed by atoms with E-state index in [-0.39, 0.29) is 27.2 Å². The lowest BCUT2D eigenvalue weighted by molar-refractivity contribution is -0.138. The number of nitrogens with zero attached hydrogens (tertiary/aromatic N) is 2. The van der Waals surface area contributed by atoms with Gasteiger partial charge in [0.2, 0.25) is 0 Å². The van der Waals surface area contributed by atoms with Gasteiger partial charge in [-0.15, -0.1) is 0 Å². The van der Waals surface area contributed by atoms with Crippen molar-refractivity contribution in [1.29, 1.82) is 0 Å². The topological polar surface area (TPSA) is 55.1 Å². The van der Waals surface area contributed by atoms with Crippen LogP contribution in [0.15, 0.2) is 53.8 Å². The standard InChI is InChI=1S/C18H11ClF4N2O2S/c19-11-2-1-10(14(7-11)18(21,22)23)9-28-17-24-8-15(16(26)27)25(17)13-5-3-12(20)4-6-13/h1-8H,9H2,(H,26,27). The summed E-state index contributed by atoms with van der Waals surface area (Å²) in [5.41, 5.74) is -0.759. The van der Waals surface area contributed by atoms with E-state index in [4.69, 9.17) is 11.6 Å². The quantitative estimate of drug-likeness (QED) is 0.418. The van der Waals surface area contributed by atoms with Crippen LogP contribution in [0.1, 0.15) is 21.6 Å². The van der Waals surface area contributed by atoms with Gasteiger partial charge in [-0.25, -0.2) is 14.2 Å². The Bertz CT molecular complexity index is 1020. The van der Waals surface area contributed by atoms with E-state index in [1.165, 1.54) is 28.8 Å². The van der Waals surface area contributed by atoms with Gasteiger partial charge in [-0.1, -0.05) is 29.4 Å². The predicted octanol–water partition coefficient (Wildman–Crippen LogP) is 5.67. The summed E-state index contributed by atoms with van der Waals surface area (Å²) < 4.78 is 54.2. The second-order valence-electron chi connectivity index (χ2n) is 5.63. The van der Waals surface area contributed by atoms with E-state index in [0.29, 0.717) is 5.69 Å². The van der Waals surface area contributed by atoms with Crippen LogP contribution in [0.3, 0.4) is 0 Å². The molecular formula is C18H11ClF4N2O2S. The van der Waals surface area contributed by atoms with Crippen molar-refractivity contribution in [3.8, 4) is 5.69 Å². The number of halogens is 5. The van der Waals surface area contributed by atoms with Crippen molar-refractivity contribution in [2.75, 3.05) is 0 Å². The Morgan fingerprint density at radius 1 is 1.18 bits per heavy atom. The molecule has 0 saturated carbocycles. The van der Waals surface area contributed by atoms with Gasteiger partial charge in [0.25, 0.3) is 0 Å². The number of thioether (sulfide) groups is 1. The molecule has 0 amide bonds. The molecule has 0 fully saturated rings. The number of carboxylic acids is 1. The Labute approximate surface area is 165 Å². The maximum absolute atomic E-state index is 13.2. The maximum Gasteiger partial charge on any atom is 0.416 e. The third kappa shape index (κ3) is 4.31. The molecule has 146 valence electrons. The first kappa shape index (κ1) is 20.2. The number of alkyl halides is 3. The highest BCUT2D eigenvalue weighted by molar-refractivity contribution is 7.98. The third-order valence-corrected chi connectivity index (χ3v) is 5.00. The van der Waals surface area contributed by atoms with Crippen LogP contribution in [0.5, 0.6) is 0 Å².